The maximum absolute atomic E-state index is 13.8. The van der Waals surface area contributed by atoms with Gasteiger partial charge >= 0.3 is 6.09 Å². The number of halogens is 2. The zero-order valence-corrected chi connectivity index (χ0v) is 15.7. The molecule has 1 atom stereocenters. The zero-order chi connectivity index (χ0) is 18.7. The Labute approximate surface area is 158 Å². The highest BCUT2D eigenvalue weighted by Gasteiger charge is 2.20. The summed E-state index contributed by atoms with van der Waals surface area (Å²) in [6.07, 6.45) is -1.07. The molecule has 1 heterocycles. The normalized spacial score (nSPS) is 11.8. The summed E-state index contributed by atoms with van der Waals surface area (Å²) >= 11 is 3.10. The molecule has 26 heavy (non-hydrogen) atoms. The summed E-state index contributed by atoms with van der Waals surface area (Å²) < 4.78 is 24.8. The summed E-state index contributed by atoms with van der Waals surface area (Å²) in [7, 11) is 0. The third-order valence-corrected chi connectivity index (χ3v) is 4.47. The van der Waals surface area contributed by atoms with Crippen LogP contribution in [0, 0.1) is 12.7 Å². The highest BCUT2D eigenvalue weighted by atomic mass is 79.9. The Balaban J connectivity index is 1.78. The third-order valence-electron chi connectivity index (χ3n) is 3.82. The standard InChI is InChI=1S/C19H16BrFN2O3/c1-11-17(18(26-23-11)14-8-9-15(20)16(21)10-14)22-19(24)25-12(2)13-6-4-3-5-7-13/h3-10,12H,1-2H3,(H,22,24)/t12-/m1/s1. The molecule has 134 valence electrons. The lowest BCUT2D eigenvalue weighted by atomic mass is 10.1. The molecule has 0 aliphatic carbocycles. The molecule has 0 aliphatic rings. The zero-order valence-electron chi connectivity index (χ0n) is 14.1. The summed E-state index contributed by atoms with van der Waals surface area (Å²) in [5, 5.41) is 6.50. The van der Waals surface area contributed by atoms with Crippen LogP contribution in [0.15, 0.2) is 57.5 Å². The van der Waals surface area contributed by atoms with E-state index in [1.807, 2.05) is 30.3 Å². The van der Waals surface area contributed by atoms with E-state index < -0.39 is 18.0 Å². The van der Waals surface area contributed by atoms with Crippen LogP contribution < -0.4 is 5.32 Å². The molecule has 0 fully saturated rings. The molecule has 0 radical (unpaired) electrons. The second kappa shape index (κ2) is 7.70. The number of nitrogens with one attached hydrogen (secondary N) is 1. The van der Waals surface area contributed by atoms with Gasteiger partial charge in [0.05, 0.1) is 4.47 Å². The number of benzene rings is 2. The van der Waals surface area contributed by atoms with Crippen LogP contribution in [-0.4, -0.2) is 11.2 Å². The topological polar surface area (TPSA) is 64.4 Å². The summed E-state index contributed by atoms with van der Waals surface area (Å²) in [6.45, 7) is 3.46. The molecule has 0 saturated carbocycles. The second-order valence-corrected chi connectivity index (χ2v) is 6.54. The van der Waals surface area contributed by atoms with E-state index in [2.05, 4.69) is 26.4 Å². The van der Waals surface area contributed by atoms with Gasteiger partial charge in [0.15, 0.2) is 5.76 Å². The molecule has 1 aromatic heterocycles. The molecule has 0 aliphatic heterocycles. The van der Waals surface area contributed by atoms with Crippen molar-refractivity contribution >= 4 is 27.7 Å². The summed E-state index contributed by atoms with van der Waals surface area (Å²) in [4.78, 5) is 12.3. The molecule has 0 spiro atoms. The van der Waals surface area contributed by atoms with Crippen LogP contribution in [-0.2, 0) is 4.74 Å². The molecular formula is C19H16BrFN2O3. The number of ether oxygens (including phenoxy) is 1. The van der Waals surface area contributed by atoms with Crippen LogP contribution >= 0.6 is 15.9 Å². The maximum Gasteiger partial charge on any atom is 0.412 e. The summed E-state index contributed by atoms with van der Waals surface area (Å²) in [5.41, 5.74) is 2.14. The van der Waals surface area contributed by atoms with Crippen LogP contribution in [0.4, 0.5) is 14.9 Å². The van der Waals surface area contributed by atoms with Gasteiger partial charge in [0, 0.05) is 5.56 Å². The van der Waals surface area contributed by atoms with Gasteiger partial charge in [-0.05, 0) is 53.5 Å². The fraction of sp³-hybridized carbons (Fsp3) is 0.158. The quantitative estimate of drug-likeness (QED) is 0.575. The van der Waals surface area contributed by atoms with Crippen molar-refractivity contribution in [2.75, 3.05) is 5.32 Å². The number of rotatable bonds is 4. The van der Waals surface area contributed by atoms with Crippen LogP contribution in [0.1, 0.15) is 24.3 Å². The van der Waals surface area contributed by atoms with Crippen LogP contribution in [0.25, 0.3) is 11.3 Å². The molecule has 3 rings (SSSR count). The summed E-state index contributed by atoms with van der Waals surface area (Å²) in [6, 6.07) is 13.9. The number of aromatic nitrogens is 1. The monoisotopic (exact) mass is 418 g/mol. The van der Waals surface area contributed by atoms with Gasteiger partial charge in [-0.1, -0.05) is 35.5 Å². The minimum Gasteiger partial charge on any atom is -0.441 e. The Hall–Kier alpha value is -2.67. The smallest absolute Gasteiger partial charge is 0.412 e. The van der Waals surface area contributed by atoms with Crippen LogP contribution in [0.2, 0.25) is 0 Å². The first kappa shape index (κ1) is 18.1. The van der Waals surface area contributed by atoms with Crippen molar-refractivity contribution < 1.29 is 18.4 Å². The highest BCUT2D eigenvalue weighted by molar-refractivity contribution is 9.10. The number of aryl methyl sites for hydroxylation is 1. The van der Waals surface area contributed by atoms with E-state index in [1.165, 1.54) is 6.07 Å². The Bertz CT molecular complexity index is 928. The molecule has 0 unspecified atom stereocenters. The maximum atomic E-state index is 13.8. The number of carbonyl (C=O) groups excluding carboxylic acids is 1. The Kier molecular flexibility index (Phi) is 5.37. The van der Waals surface area contributed by atoms with E-state index >= 15 is 0 Å². The first-order valence-corrected chi connectivity index (χ1v) is 8.69. The van der Waals surface area contributed by atoms with Crippen molar-refractivity contribution in [3.8, 4) is 11.3 Å². The van der Waals surface area contributed by atoms with Gasteiger partial charge in [-0.2, -0.15) is 0 Å². The minimum absolute atomic E-state index is 0.262. The van der Waals surface area contributed by atoms with Crippen molar-refractivity contribution in [2.45, 2.75) is 20.0 Å². The van der Waals surface area contributed by atoms with E-state index in [9.17, 15) is 9.18 Å². The molecule has 1 amide bonds. The number of hydrogen-bond donors (Lipinski definition) is 1. The average Bonchev–Trinajstić information content (AvgIpc) is 2.98. The van der Waals surface area contributed by atoms with Gasteiger partial charge in [-0.15, -0.1) is 0 Å². The molecule has 1 N–H and O–H groups in total. The lowest BCUT2D eigenvalue weighted by molar-refractivity contribution is 0.121. The minimum atomic E-state index is -0.647. The van der Waals surface area contributed by atoms with Gasteiger partial charge < -0.3 is 9.26 Å². The third kappa shape index (κ3) is 3.94. The van der Waals surface area contributed by atoms with Gasteiger partial charge in [0.25, 0.3) is 0 Å². The number of carbonyl (C=O) groups is 1. The number of nitrogens with zero attached hydrogens (tertiary/aromatic N) is 1. The summed E-state index contributed by atoms with van der Waals surface area (Å²) in [5.74, 6) is -0.180. The van der Waals surface area contributed by atoms with E-state index in [-0.39, 0.29) is 5.76 Å². The molecule has 2 aromatic carbocycles. The fourth-order valence-corrected chi connectivity index (χ4v) is 2.68. The van der Waals surface area contributed by atoms with Crippen molar-refractivity contribution in [1.82, 2.24) is 5.16 Å². The van der Waals surface area contributed by atoms with E-state index in [4.69, 9.17) is 9.26 Å². The molecule has 0 saturated heterocycles. The molecule has 0 bridgehead atoms. The molecule has 3 aromatic rings. The van der Waals surface area contributed by atoms with Gasteiger partial charge in [0.2, 0.25) is 0 Å². The Morgan fingerprint density at radius 3 is 2.69 bits per heavy atom. The van der Waals surface area contributed by atoms with E-state index in [1.54, 1.807) is 26.0 Å². The number of anilines is 1. The van der Waals surface area contributed by atoms with Gasteiger partial charge in [-0.3, -0.25) is 5.32 Å². The molecule has 7 heteroatoms. The predicted octanol–water partition coefficient (Wildman–Crippen LogP) is 5.86. The lowest BCUT2D eigenvalue weighted by Gasteiger charge is -2.14. The second-order valence-electron chi connectivity index (χ2n) is 5.68. The predicted molar refractivity (Wildman–Crippen MR) is 99.3 cm³/mol. The van der Waals surface area contributed by atoms with Gasteiger partial charge in [-0.25, -0.2) is 9.18 Å². The average molecular weight is 419 g/mol. The Morgan fingerprint density at radius 2 is 2.00 bits per heavy atom. The fourth-order valence-electron chi connectivity index (χ4n) is 2.44. The van der Waals surface area contributed by atoms with Crippen molar-refractivity contribution in [3.63, 3.8) is 0 Å². The highest BCUT2D eigenvalue weighted by Crippen LogP contribution is 2.33. The van der Waals surface area contributed by atoms with Crippen LogP contribution in [0.3, 0.4) is 0 Å². The van der Waals surface area contributed by atoms with Crippen molar-refractivity contribution in [1.29, 1.82) is 0 Å². The van der Waals surface area contributed by atoms with Crippen LogP contribution in [0.5, 0.6) is 0 Å². The van der Waals surface area contributed by atoms with Gasteiger partial charge in [0.1, 0.15) is 23.3 Å². The molecular weight excluding hydrogens is 403 g/mol. The number of amides is 1. The number of hydrogen-bond acceptors (Lipinski definition) is 4. The van der Waals surface area contributed by atoms with Crippen molar-refractivity contribution in [3.05, 3.63) is 70.1 Å². The largest absolute Gasteiger partial charge is 0.441 e. The SMILES string of the molecule is Cc1noc(-c2ccc(Br)c(F)c2)c1NC(=O)O[C@H](C)c1ccccc1. The Morgan fingerprint density at radius 1 is 1.27 bits per heavy atom. The van der Waals surface area contributed by atoms with E-state index in [0.717, 1.165) is 5.56 Å². The van der Waals surface area contributed by atoms with E-state index in [0.29, 0.717) is 21.4 Å². The lowest BCUT2D eigenvalue weighted by Crippen LogP contribution is -2.16. The first-order valence-electron chi connectivity index (χ1n) is 7.90. The molecule has 5 nitrogen and oxygen atoms in total. The first-order chi connectivity index (χ1) is 12.5. The van der Waals surface area contributed by atoms with Crippen molar-refractivity contribution in [2.24, 2.45) is 0 Å².